The van der Waals surface area contributed by atoms with Gasteiger partial charge in [0, 0.05) is 25.9 Å². The smallest absolute Gasteiger partial charge is 0.293 e. The summed E-state index contributed by atoms with van der Waals surface area (Å²) in [4.78, 5) is 16.0. The standard InChI is InChI=1S/C23H30F3N7O2/c1-3-16-18-19(33(31-16)10-11-35-21(26)20(24)25)22(28-17-12-14(2)4-7-27-17)30-23(29-18)32-8-5-15(13-34)6-9-32/h4,7,12,15,20-21,34H,3,5-6,8-11,13H2,1-2H3,(H,27,28,29,30). The van der Waals surface area contributed by atoms with Crippen LogP contribution in [0.2, 0.25) is 0 Å². The summed E-state index contributed by atoms with van der Waals surface area (Å²) in [5.41, 5.74) is 2.91. The summed E-state index contributed by atoms with van der Waals surface area (Å²) in [6, 6.07) is 3.76. The molecular weight excluding hydrogens is 463 g/mol. The Hall–Kier alpha value is -2.99. The molecule has 190 valence electrons. The number of aliphatic hydroxyl groups is 1. The van der Waals surface area contributed by atoms with E-state index in [4.69, 9.17) is 9.97 Å². The average Bonchev–Trinajstić information content (AvgIpc) is 3.22. The van der Waals surface area contributed by atoms with E-state index < -0.39 is 12.8 Å². The number of nitrogens with one attached hydrogen (secondary N) is 1. The molecule has 0 aliphatic carbocycles. The largest absolute Gasteiger partial charge is 0.396 e. The molecule has 0 amide bonds. The van der Waals surface area contributed by atoms with Crippen LogP contribution >= 0.6 is 0 Å². The molecule has 0 aromatic carbocycles. The summed E-state index contributed by atoms with van der Waals surface area (Å²) in [5.74, 6) is 1.85. The molecule has 1 aliphatic heterocycles. The first-order chi connectivity index (χ1) is 16.9. The number of ether oxygens (including phenoxy) is 1. The van der Waals surface area contributed by atoms with Gasteiger partial charge in [0.15, 0.2) is 5.82 Å². The first-order valence-electron chi connectivity index (χ1n) is 11.8. The van der Waals surface area contributed by atoms with Crippen LogP contribution in [0.4, 0.5) is 30.8 Å². The number of pyridine rings is 1. The maximum Gasteiger partial charge on any atom is 0.293 e. The quantitative estimate of drug-likeness (QED) is 0.442. The third-order valence-electron chi connectivity index (χ3n) is 6.08. The maximum atomic E-state index is 13.3. The van der Waals surface area contributed by atoms with E-state index in [1.807, 2.05) is 26.0 Å². The number of aromatic nitrogens is 5. The number of aliphatic hydroxyl groups excluding tert-OH is 1. The van der Waals surface area contributed by atoms with Crippen LogP contribution in [0, 0.1) is 12.8 Å². The van der Waals surface area contributed by atoms with E-state index >= 15 is 0 Å². The minimum absolute atomic E-state index is 0.0458. The Morgan fingerprint density at radius 3 is 2.66 bits per heavy atom. The number of fused-ring (bicyclic) bond motifs is 1. The second-order valence-corrected chi connectivity index (χ2v) is 8.61. The molecule has 4 heterocycles. The fourth-order valence-corrected chi connectivity index (χ4v) is 4.13. The fraction of sp³-hybridized carbons (Fsp3) is 0.565. The maximum absolute atomic E-state index is 13.3. The Kier molecular flexibility index (Phi) is 8.01. The molecule has 0 radical (unpaired) electrons. The minimum atomic E-state index is -3.21. The highest BCUT2D eigenvalue weighted by Gasteiger charge is 2.25. The van der Waals surface area contributed by atoms with Gasteiger partial charge in [0.2, 0.25) is 5.95 Å². The Labute approximate surface area is 201 Å². The molecule has 1 unspecified atom stereocenters. The minimum Gasteiger partial charge on any atom is -0.396 e. The fourth-order valence-electron chi connectivity index (χ4n) is 4.13. The lowest BCUT2D eigenvalue weighted by atomic mass is 9.98. The lowest BCUT2D eigenvalue weighted by Gasteiger charge is -2.31. The van der Waals surface area contributed by atoms with E-state index in [1.165, 1.54) is 0 Å². The SMILES string of the molecule is CCc1nn(CCOC(F)C(F)F)c2c(Nc3cc(C)ccn3)nc(N3CCC(CO)CC3)nc12. The Balaban J connectivity index is 1.72. The van der Waals surface area contributed by atoms with Gasteiger partial charge in [-0.2, -0.15) is 10.1 Å². The molecule has 9 nitrogen and oxygen atoms in total. The molecular formula is C23H30F3N7O2. The average molecular weight is 494 g/mol. The summed E-state index contributed by atoms with van der Waals surface area (Å²) < 4.78 is 44.4. The topological polar surface area (TPSA) is 101 Å². The number of halogens is 3. The molecule has 4 rings (SSSR count). The van der Waals surface area contributed by atoms with E-state index in [2.05, 4.69) is 25.0 Å². The second-order valence-electron chi connectivity index (χ2n) is 8.61. The van der Waals surface area contributed by atoms with Crippen LogP contribution in [-0.4, -0.2) is 68.9 Å². The van der Waals surface area contributed by atoms with Crippen molar-refractivity contribution in [2.45, 2.75) is 52.4 Å². The summed E-state index contributed by atoms with van der Waals surface area (Å²) in [5, 5.41) is 17.3. The molecule has 1 aliphatic rings. The number of anilines is 3. The lowest BCUT2D eigenvalue weighted by molar-refractivity contribution is -0.129. The van der Waals surface area contributed by atoms with Crippen LogP contribution in [0.25, 0.3) is 11.0 Å². The molecule has 3 aromatic rings. The zero-order chi connectivity index (χ0) is 24.9. The molecule has 3 aromatic heterocycles. The monoisotopic (exact) mass is 493 g/mol. The Morgan fingerprint density at radius 2 is 2.00 bits per heavy atom. The van der Waals surface area contributed by atoms with E-state index in [-0.39, 0.29) is 25.7 Å². The summed E-state index contributed by atoms with van der Waals surface area (Å²) in [6.45, 7) is 5.25. The number of rotatable bonds is 10. The van der Waals surface area contributed by atoms with Gasteiger partial charge < -0.3 is 20.1 Å². The van der Waals surface area contributed by atoms with Crippen LogP contribution in [0.15, 0.2) is 18.3 Å². The van der Waals surface area contributed by atoms with Gasteiger partial charge in [-0.3, -0.25) is 4.68 Å². The molecule has 0 bridgehead atoms. The normalized spacial score (nSPS) is 15.8. The zero-order valence-electron chi connectivity index (χ0n) is 19.8. The highest BCUT2D eigenvalue weighted by molar-refractivity contribution is 5.90. The van der Waals surface area contributed by atoms with Crippen molar-refractivity contribution < 1.29 is 23.0 Å². The molecule has 2 N–H and O–H groups in total. The van der Waals surface area contributed by atoms with Crippen molar-refractivity contribution in [2.24, 2.45) is 5.92 Å². The van der Waals surface area contributed by atoms with Crippen molar-refractivity contribution in [2.75, 3.05) is 36.5 Å². The molecule has 1 saturated heterocycles. The number of aryl methyl sites for hydroxylation is 2. The van der Waals surface area contributed by atoms with Gasteiger partial charge in [0.1, 0.15) is 16.9 Å². The van der Waals surface area contributed by atoms with Gasteiger partial charge >= 0.3 is 0 Å². The van der Waals surface area contributed by atoms with Crippen LogP contribution in [0.1, 0.15) is 31.0 Å². The predicted molar refractivity (Wildman–Crippen MR) is 126 cm³/mol. The van der Waals surface area contributed by atoms with Gasteiger partial charge in [-0.15, -0.1) is 0 Å². The zero-order valence-corrected chi connectivity index (χ0v) is 19.8. The summed E-state index contributed by atoms with van der Waals surface area (Å²) in [7, 11) is 0. The van der Waals surface area contributed by atoms with E-state index in [0.29, 0.717) is 53.8 Å². The second kappa shape index (κ2) is 11.2. The summed E-state index contributed by atoms with van der Waals surface area (Å²) >= 11 is 0. The third kappa shape index (κ3) is 5.81. The molecule has 1 fully saturated rings. The van der Waals surface area contributed by atoms with Crippen molar-refractivity contribution in [3.8, 4) is 0 Å². The van der Waals surface area contributed by atoms with Gasteiger partial charge in [-0.25, -0.2) is 23.1 Å². The van der Waals surface area contributed by atoms with Crippen molar-refractivity contribution in [3.63, 3.8) is 0 Å². The highest BCUT2D eigenvalue weighted by Crippen LogP contribution is 2.30. The van der Waals surface area contributed by atoms with Crippen molar-refractivity contribution in [3.05, 3.63) is 29.6 Å². The molecule has 1 atom stereocenters. The number of hydrogen-bond donors (Lipinski definition) is 2. The van der Waals surface area contributed by atoms with E-state index in [1.54, 1.807) is 10.9 Å². The third-order valence-corrected chi connectivity index (χ3v) is 6.08. The van der Waals surface area contributed by atoms with E-state index in [9.17, 15) is 18.3 Å². The van der Waals surface area contributed by atoms with Gasteiger partial charge in [-0.1, -0.05) is 6.92 Å². The van der Waals surface area contributed by atoms with Crippen molar-refractivity contribution in [1.82, 2.24) is 24.7 Å². The van der Waals surface area contributed by atoms with Gasteiger partial charge in [0.25, 0.3) is 12.8 Å². The molecule has 35 heavy (non-hydrogen) atoms. The molecule has 0 spiro atoms. The van der Waals surface area contributed by atoms with Crippen LogP contribution < -0.4 is 10.2 Å². The number of alkyl halides is 3. The first kappa shape index (κ1) is 25.1. The lowest BCUT2D eigenvalue weighted by Crippen LogP contribution is -2.36. The predicted octanol–water partition coefficient (Wildman–Crippen LogP) is 3.62. The van der Waals surface area contributed by atoms with Gasteiger partial charge in [0.05, 0.1) is 18.8 Å². The Morgan fingerprint density at radius 1 is 1.23 bits per heavy atom. The van der Waals surface area contributed by atoms with Crippen molar-refractivity contribution >= 4 is 28.6 Å². The summed E-state index contributed by atoms with van der Waals surface area (Å²) in [6.07, 6.45) is -1.91. The van der Waals surface area contributed by atoms with Crippen LogP contribution in [0.5, 0.6) is 0 Å². The van der Waals surface area contributed by atoms with Crippen LogP contribution in [-0.2, 0) is 17.7 Å². The number of piperidine rings is 1. The van der Waals surface area contributed by atoms with Crippen LogP contribution in [0.3, 0.4) is 0 Å². The molecule has 0 saturated carbocycles. The first-order valence-corrected chi connectivity index (χ1v) is 11.8. The Bertz CT molecular complexity index is 1140. The number of hydrogen-bond acceptors (Lipinski definition) is 8. The van der Waals surface area contributed by atoms with Gasteiger partial charge in [-0.05, 0) is 49.8 Å². The number of nitrogens with zero attached hydrogens (tertiary/aromatic N) is 6. The van der Waals surface area contributed by atoms with Crippen molar-refractivity contribution in [1.29, 1.82) is 0 Å². The van der Waals surface area contributed by atoms with E-state index in [0.717, 1.165) is 18.4 Å². The highest BCUT2D eigenvalue weighted by atomic mass is 19.3. The molecule has 12 heteroatoms.